The molecule has 1 heterocycles. The molecule has 0 aromatic heterocycles. The van der Waals surface area contributed by atoms with E-state index in [2.05, 4.69) is 4.99 Å². The monoisotopic (exact) mass is 302 g/mol. The number of hydrogen-bond donors (Lipinski definition) is 2. The van der Waals surface area contributed by atoms with Gasteiger partial charge in [0.25, 0.3) is 0 Å². The molecule has 5 heteroatoms. The number of amidine groups is 1. The van der Waals surface area contributed by atoms with Crippen LogP contribution in [0, 0.1) is 0 Å². The summed E-state index contributed by atoms with van der Waals surface area (Å²) in [4.78, 5) is 4.25. The highest BCUT2D eigenvalue weighted by Gasteiger charge is 2.44. The van der Waals surface area contributed by atoms with Crippen LogP contribution in [0.2, 0.25) is 5.02 Å². The van der Waals surface area contributed by atoms with E-state index in [4.69, 9.17) is 22.1 Å². The molecule has 0 saturated heterocycles. The maximum absolute atomic E-state index is 11.2. The van der Waals surface area contributed by atoms with Crippen molar-refractivity contribution in [3.63, 3.8) is 0 Å². The first kappa shape index (κ1) is 13.9. The van der Waals surface area contributed by atoms with Crippen molar-refractivity contribution in [1.29, 1.82) is 0 Å². The van der Waals surface area contributed by atoms with Crippen molar-refractivity contribution in [1.82, 2.24) is 0 Å². The first-order valence-corrected chi connectivity index (χ1v) is 7.04. The second-order valence-corrected chi connectivity index (χ2v) is 5.23. The molecule has 1 atom stereocenters. The number of aliphatic imine (C=N–C) groups is 1. The summed E-state index contributed by atoms with van der Waals surface area (Å²) in [6.45, 7) is 2.38. The van der Waals surface area contributed by atoms with Gasteiger partial charge in [-0.2, -0.15) is 0 Å². The van der Waals surface area contributed by atoms with Gasteiger partial charge in [-0.1, -0.05) is 29.8 Å². The summed E-state index contributed by atoms with van der Waals surface area (Å²) in [5.74, 6) is 0.695. The zero-order chi connectivity index (χ0) is 15.0. The van der Waals surface area contributed by atoms with Crippen LogP contribution in [0.4, 0.5) is 5.69 Å². The number of halogens is 1. The highest BCUT2D eigenvalue weighted by atomic mass is 35.5. The number of rotatable bonds is 3. The van der Waals surface area contributed by atoms with Crippen molar-refractivity contribution in [3.8, 4) is 5.75 Å². The highest BCUT2D eigenvalue weighted by molar-refractivity contribution is 6.30. The van der Waals surface area contributed by atoms with Gasteiger partial charge < -0.3 is 15.6 Å². The third kappa shape index (κ3) is 2.07. The lowest BCUT2D eigenvalue weighted by molar-refractivity contribution is 0.153. The molecule has 108 valence electrons. The number of ether oxygens (including phenoxy) is 1. The summed E-state index contributed by atoms with van der Waals surface area (Å²) >= 11 is 6.05. The summed E-state index contributed by atoms with van der Waals surface area (Å²) in [6, 6.07) is 12.4. The smallest absolute Gasteiger partial charge is 0.178 e. The van der Waals surface area contributed by atoms with E-state index in [0.29, 0.717) is 34.2 Å². The molecule has 4 nitrogen and oxygen atoms in total. The maximum atomic E-state index is 11.2. The Hall–Kier alpha value is -2.04. The predicted molar refractivity (Wildman–Crippen MR) is 83.3 cm³/mol. The zero-order valence-corrected chi connectivity index (χ0v) is 12.3. The molecule has 0 saturated carbocycles. The van der Waals surface area contributed by atoms with Crippen LogP contribution in [-0.4, -0.2) is 17.5 Å². The molecular weight excluding hydrogens is 288 g/mol. The predicted octanol–water partition coefficient (Wildman–Crippen LogP) is 2.98. The van der Waals surface area contributed by atoms with Crippen LogP contribution >= 0.6 is 11.6 Å². The Kier molecular flexibility index (Phi) is 3.35. The lowest BCUT2D eigenvalue weighted by atomic mass is 9.86. The van der Waals surface area contributed by atoms with E-state index < -0.39 is 5.60 Å². The molecule has 1 aliphatic heterocycles. The van der Waals surface area contributed by atoms with Crippen LogP contribution < -0.4 is 10.5 Å². The summed E-state index contributed by atoms with van der Waals surface area (Å²) in [6.07, 6.45) is 0. The Morgan fingerprint density at radius 1 is 1.24 bits per heavy atom. The molecule has 0 bridgehead atoms. The number of fused-ring (bicyclic) bond motifs is 1. The largest absolute Gasteiger partial charge is 0.493 e. The van der Waals surface area contributed by atoms with Crippen molar-refractivity contribution in [2.75, 3.05) is 6.61 Å². The van der Waals surface area contributed by atoms with Crippen molar-refractivity contribution < 1.29 is 9.84 Å². The van der Waals surface area contributed by atoms with Gasteiger partial charge in [-0.25, -0.2) is 4.99 Å². The molecule has 2 aromatic carbocycles. The molecule has 0 spiro atoms. The lowest BCUT2D eigenvalue weighted by Gasteiger charge is -2.26. The van der Waals surface area contributed by atoms with Crippen molar-refractivity contribution in [2.24, 2.45) is 10.7 Å². The average molecular weight is 303 g/mol. The molecule has 2 aromatic rings. The van der Waals surface area contributed by atoms with E-state index in [1.807, 2.05) is 19.1 Å². The Morgan fingerprint density at radius 3 is 2.76 bits per heavy atom. The summed E-state index contributed by atoms with van der Waals surface area (Å²) < 4.78 is 5.60. The van der Waals surface area contributed by atoms with Gasteiger partial charge in [0.15, 0.2) is 5.60 Å². The standard InChI is InChI=1S/C16H15ClN2O2/c1-2-21-14-6-4-3-5-11(14)16(20)12-9-10(17)7-8-13(12)19-15(16)18/h3-9,20H,2H2,1H3,(H2,18,19). The third-order valence-electron chi connectivity index (χ3n) is 3.54. The van der Waals surface area contributed by atoms with Gasteiger partial charge in [-0.3, -0.25) is 0 Å². The fourth-order valence-electron chi connectivity index (χ4n) is 2.57. The molecule has 0 aliphatic carbocycles. The van der Waals surface area contributed by atoms with Gasteiger partial charge in [-0.15, -0.1) is 0 Å². The zero-order valence-electron chi connectivity index (χ0n) is 11.5. The first-order valence-electron chi connectivity index (χ1n) is 6.66. The molecule has 21 heavy (non-hydrogen) atoms. The fraction of sp³-hybridized carbons (Fsp3) is 0.188. The van der Waals surface area contributed by atoms with Crippen molar-refractivity contribution in [3.05, 3.63) is 58.6 Å². The first-order chi connectivity index (χ1) is 10.1. The molecule has 1 aliphatic rings. The fourth-order valence-corrected chi connectivity index (χ4v) is 2.75. The quantitative estimate of drug-likeness (QED) is 0.916. The molecule has 1 unspecified atom stereocenters. The molecule has 0 radical (unpaired) electrons. The minimum Gasteiger partial charge on any atom is -0.493 e. The van der Waals surface area contributed by atoms with Crippen molar-refractivity contribution in [2.45, 2.75) is 12.5 Å². The summed E-state index contributed by atoms with van der Waals surface area (Å²) in [5, 5.41) is 11.7. The summed E-state index contributed by atoms with van der Waals surface area (Å²) in [7, 11) is 0. The Morgan fingerprint density at radius 2 is 2.00 bits per heavy atom. The average Bonchev–Trinajstić information content (AvgIpc) is 2.73. The summed E-state index contributed by atoms with van der Waals surface area (Å²) in [5.41, 5.74) is 6.24. The van der Waals surface area contributed by atoms with Gasteiger partial charge >= 0.3 is 0 Å². The van der Waals surface area contributed by atoms with Gasteiger partial charge in [-0.05, 0) is 31.2 Å². The van der Waals surface area contributed by atoms with Crippen LogP contribution in [0.1, 0.15) is 18.1 Å². The third-order valence-corrected chi connectivity index (χ3v) is 3.77. The number of hydrogen-bond acceptors (Lipinski definition) is 4. The van der Waals surface area contributed by atoms with E-state index >= 15 is 0 Å². The topological polar surface area (TPSA) is 67.8 Å². The molecular formula is C16H15ClN2O2. The minimum absolute atomic E-state index is 0.118. The van der Waals surface area contributed by atoms with Crippen LogP contribution in [0.15, 0.2) is 47.5 Å². The normalized spacial score (nSPS) is 20.0. The second-order valence-electron chi connectivity index (χ2n) is 4.80. The molecule has 0 amide bonds. The number of benzene rings is 2. The molecule has 0 fully saturated rings. The van der Waals surface area contributed by atoms with Crippen LogP contribution in [-0.2, 0) is 5.60 Å². The van der Waals surface area contributed by atoms with Gasteiger partial charge in [0.1, 0.15) is 11.6 Å². The number of para-hydroxylation sites is 1. The van der Waals surface area contributed by atoms with E-state index in [1.165, 1.54) is 0 Å². The van der Waals surface area contributed by atoms with Crippen molar-refractivity contribution >= 4 is 23.1 Å². The maximum Gasteiger partial charge on any atom is 0.178 e. The highest BCUT2D eigenvalue weighted by Crippen LogP contribution is 2.45. The van der Waals surface area contributed by atoms with Gasteiger partial charge in [0, 0.05) is 16.1 Å². The number of nitrogens with zero attached hydrogens (tertiary/aromatic N) is 1. The van der Waals surface area contributed by atoms with Crippen LogP contribution in [0.3, 0.4) is 0 Å². The number of nitrogens with two attached hydrogens (primary N) is 1. The lowest BCUT2D eigenvalue weighted by Crippen LogP contribution is -2.39. The van der Waals surface area contributed by atoms with Crippen LogP contribution in [0.25, 0.3) is 0 Å². The van der Waals surface area contributed by atoms with E-state index in [0.717, 1.165) is 0 Å². The van der Waals surface area contributed by atoms with E-state index in [1.54, 1.807) is 30.3 Å². The Balaban J connectivity index is 2.23. The molecule has 3 N–H and O–H groups in total. The Bertz CT molecular complexity index is 730. The van der Waals surface area contributed by atoms with Crippen LogP contribution in [0.5, 0.6) is 5.75 Å². The SMILES string of the molecule is CCOc1ccccc1C1(O)C(N)=Nc2ccc(Cl)cc21. The molecule has 3 rings (SSSR count). The Labute approximate surface area is 127 Å². The van der Waals surface area contributed by atoms with Gasteiger partial charge in [0.2, 0.25) is 0 Å². The number of aliphatic hydroxyl groups is 1. The minimum atomic E-state index is -1.52. The van der Waals surface area contributed by atoms with E-state index in [9.17, 15) is 5.11 Å². The van der Waals surface area contributed by atoms with E-state index in [-0.39, 0.29) is 5.84 Å². The van der Waals surface area contributed by atoms with Gasteiger partial charge in [0.05, 0.1) is 12.3 Å². The second kappa shape index (κ2) is 5.06.